The van der Waals surface area contributed by atoms with Crippen LogP contribution >= 0.6 is 27.5 Å². The van der Waals surface area contributed by atoms with E-state index in [2.05, 4.69) is 36.4 Å². The van der Waals surface area contributed by atoms with E-state index in [1.807, 2.05) is 6.92 Å². The Balaban J connectivity index is 2.09. The molecule has 0 atom stereocenters. The van der Waals surface area contributed by atoms with Gasteiger partial charge in [0, 0.05) is 10.0 Å². The predicted molar refractivity (Wildman–Crippen MR) is 74.7 cm³/mol. The first kappa shape index (κ1) is 13.8. The highest BCUT2D eigenvalue weighted by Crippen LogP contribution is 2.23. The Hall–Kier alpha value is -1.60. The molecule has 2 aromatic rings. The number of ether oxygens (including phenoxy) is 1. The summed E-state index contributed by atoms with van der Waals surface area (Å²) in [7, 11) is 0. The van der Waals surface area contributed by atoms with E-state index in [1.165, 1.54) is 0 Å². The third-order valence-electron chi connectivity index (χ3n) is 2.15. The number of aromatic amines is 1. The molecule has 6 nitrogen and oxygen atoms in total. The molecular weight excluding hydrogens is 336 g/mol. The van der Waals surface area contributed by atoms with Gasteiger partial charge in [-0.1, -0.05) is 11.6 Å². The summed E-state index contributed by atoms with van der Waals surface area (Å²) in [5, 5.41) is 9.45. The van der Waals surface area contributed by atoms with Crippen molar-refractivity contribution < 1.29 is 9.53 Å². The number of halogens is 2. The van der Waals surface area contributed by atoms with Gasteiger partial charge in [0.2, 0.25) is 5.95 Å². The number of hydrogen-bond acceptors (Lipinski definition) is 4. The van der Waals surface area contributed by atoms with E-state index in [4.69, 9.17) is 16.3 Å². The van der Waals surface area contributed by atoms with Crippen LogP contribution in [0.15, 0.2) is 22.7 Å². The van der Waals surface area contributed by atoms with Crippen LogP contribution in [-0.2, 0) is 0 Å². The molecule has 0 radical (unpaired) electrons. The molecule has 1 aromatic heterocycles. The Morgan fingerprint density at radius 1 is 1.58 bits per heavy atom. The second kappa shape index (κ2) is 6.03. The maximum Gasteiger partial charge on any atom is 0.337 e. The van der Waals surface area contributed by atoms with Crippen LogP contribution in [0.3, 0.4) is 0 Å². The maximum absolute atomic E-state index is 11.9. The minimum atomic E-state index is -0.323. The van der Waals surface area contributed by atoms with E-state index in [0.717, 1.165) is 0 Å². The van der Waals surface area contributed by atoms with Gasteiger partial charge in [0.15, 0.2) is 0 Å². The van der Waals surface area contributed by atoms with Crippen molar-refractivity contribution >= 4 is 39.4 Å². The van der Waals surface area contributed by atoms with Gasteiger partial charge in [-0.05, 0) is 41.1 Å². The second-order valence-corrected chi connectivity index (χ2v) is 4.74. The third kappa shape index (κ3) is 3.45. The number of benzene rings is 1. The number of nitrogens with zero attached hydrogens (tertiary/aromatic N) is 2. The van der Waals surface area contributed by atoms with Crippen LogP contribution in [0.1, 0.15) is 17.3 Å². The highest BCUT2D eigenvalue weighted by Gasteiger charge is 2.11. The highest BCUT2D eigenvalue weighted by molar-refractivity contribution is 9.10. The molecule has 100 valence electrons. The topological polar surface area (TPSA) is 79.9 Å². The average molecular weight is 346 g/mol. The zero-order valence-corrected chi connectivity index (χ0v) is 12.2. The number of amides is 1. The molecule has 2 rings (SSSR count). The lowest BCUT2D eigenvalue weighted by Gasteiger charge is -2.02. The summed E-state index contributed by atoms with van der Waals surface area (Å²) < 4.78 is 5.73. The van der Waals surface area contributed by atoms with Gasteiger partial charge in [-0.25, -0.2) is 5.10 Å². The molecule has 1 amide bonds. The molecule has 0 spiro atoms. The van der Waals surface area contributed by atoms with E-state index >= 15 is 0 Å². The predicted octanol–water partition coefficient (Wildman–Crippen LogP) is 2.87. The molecule has 0 aliphatic heterocycles. The number of carbonyl (C=O) groups is 1. The summed E-state index contributed by atoms with van der Waals surface area (Å²) in [4.78, 5) is 15.9. The van der Waals surface area contributed by atoms with Gasteiger partial charge in [0.05, 0.1) is 11.6 Å². The largest absolute Gasteiger partial charge is 0.463 e. The molecule has 19 heavy (non-hydrogen) atoms. The number of carbonyl (C=O) groups excluding carboxylic acids is 1. The summed E-state index contributed by atoms with van der Waals surface area (Å²) in [5.41, 5.74) is 0.450. The summed E-state index contributed by atoms with van der Waals surface area (Å²) in [5.74, 6) is -0.101. The van der Waals surface area contributed by atoms with Crippen LogP contribution in [0.5, 0.6) is 6.01 Å². The average Bonchev–Trinajstić information content (AvgIpc) is 2.80. The van der Waals surface area contributed by atoms with Crippen LogP contribution in [0, 0.1) is 0 Å². The summed E-state index contributed by atoms with van der Waals surface area (Å²) in [6.45, 7) is 2.27. The van der Waals surface area contributed by atoms with E-state index in [0.29, 0.717) is 21.7 Å². The van der Waals surface area contributed by atoms with Gasteiger partial charge < -0.3 is 4.74 Å². The molecule has 8 heteroatoms. The molecule has 0 saturated heterocycles. The van der Waals surface area contributed by atoms with Crippen LogP contribution in [0.4, 0.5) is 5.95 Å². The number of H-pyrrole nitrogens is 1. The number of aromatic nitrogens is 3. The standard InChI is InChI=1S/C11H10BrClN4O2/c1-2-19-11-15-10(16-17-11)14-9(18)6-3-4-8(13)7(12)5-6/h3-5H,2H2,1H3,(H2,14,15,16,17,18). The minimum Gasteiger partial charge on any atom is -0.463 e. The second-order valence-electron chi connectivity index (χ2n) is 3.48. The van der Waals surface area contributed by atoms with E-state index in [-0.39, 0.29) is 17.9 Å². The van der Waals surface area contributed by atoms with Crippen molar-refractivity contribution in [3.05, 3.63) is 33.3 Å². The Kier molecular flexibility index (Phi) is 4.39. The van der Waals surface area contributed by atoms with Crippen molar-refractivity contribution in [2.24, 2.45) is 0 Å². The van der Waals surface area contributed by atoms with Gasteiger partial charge in [-0.2, -0.15) is 4.98 Å². The van der Waals surface area contributed by atoms with Gasteiger partial charge in [-0.3, -0.25) is 10.1 Å². The van der Waals surface area contributed by atoms with E-state index in [9.17, 15) is 4.79 Å². The minimum absolute atomic E-state index is 0.190. The fraction of sp³-hybridized carbons (Fsp3) is 0.182. The molecule has 1 heterocycles. The molecule has 1 aromatic carbocycles. The van der Waals surface area contributed by atoms with E-state index in [1.54, 1.807) is 18.2 Å². The Morgan fingerprint density at radius 2 is 2.37 bits per heavy atom. The van der Waals surface area contributed by atoms with Crippen molar-refractivity contribution in [1.29, 1.82) is 0 Å². The first-order valence-electron chi connectivity index (χ1n) is 5.41. The van der Waals surface area contributed by atoms with Crippen molar-refractivity contribution in [3.63, 3.8) is 0 Å². The SMILES string of the molecule is CCOc1n[nH]c(NC(=O)c2ccc(Cl)c(Br)c2)n1. The lowest BCUT2D eigenvalue weighted by atomic mass is 10.2. The Labute approximate surface area is 122 Å². The van der Waals surface area contributed by atoms with Gasteiger partial charge in [0.1, 0.15) is 0 Å². The fourth-order valence-electron chi connectivity index (χ4n) is 1.31. The van der Waals surface area contributed by atoms with Crippen LogP contribution in [0.2, 0.25) is 5.02 Å². The third-order valence-corrected chi connectivity index (χ3v) is 3.37. The lowest BCUT2D eigenvalue weighted by Crippen LogP contribution is -2.13. The van der Waals surface area contributed by atoms with Gasteiger partial charge >= 0.3 is 6.01 Å². The van der Waals surface area contributed by atoms with E-state index < -0.39 is 0 Å². The summed E-state index contributed by atoms with van der Waals surface area (Å²) in [6, 6.07) is 5.06. The van der Waals surface area contributed by atoms with Crippen LogP contribution < -0.4 is 10.1 Å². The summed E-state index contributed by atoms with van der Waals surface area (Å²) >= 11 is 9.12. The first-order valence-corrected chi connectivity index (χ1v) is 6.59. The molecule has 0 unspecified atom stereocenters. The first-order chi connectivity index (χ1) is 9.10. The van der Waals surface area contributed by atoms with Crippen molar-refractivity contribution in [1.82, 2.24) is 15.2 Å². The zero-order chi connectivity index (χ0) is 13.8. The zero-order valence-electron chi connectivity index (χ0n) is 9.91. The molecule has 0 aliphatic carbocycles. The van der Waals surface area contributed by atoms with Crippen molar-refractivity contribution in [2.75, 3.05) is 11.9 Å². The highest BCUT2D eigenvalue weighted by atomic mass is 79.9. The summed E-state index contributed by atoms with van der Waals surface area (Å²) in [6.07, 6.45) is 0. The Bertz CT molecular complexity index is 602. The number of anilines is 1. The van der Waals surface area contributed by atoms with Crippen LogP contribution in [0.25, 0.3) is 0 Å². The quantitative estimate of drug-likeness (QED) is 0.893. The van der Waals surface area contributed by atoms with Gasteiger partial charge in [0.25, 0.3) is 5.91 Å². The smallest absolute Gasteiger partial charge is 0.337 e. The van der Waals surface area contributed by atoms with Crippen molar-refractivity contribution in [3.8, 4) is 6.01 Å². The molecule has 0 fully saturated rings. The maximum atomic E-state index is 11.9. The van der Waals surface area contributed by atoms with Crippen molar-refractivity contribution in [2.45, 2.75) is 6.92 Å². The molecule has 2 N–H and O–H groups in total. The molecule has 0 bridgehead atoms. The normalized spacial score (nSPS) is 10.3. The number of nitrogens with one attached hydrogen (secondary N) is 2. The monoisotopic (exact) mass is 344 g/mol. The number of rotatable bonds is 4. The number of hydrogen-bond donors (Lipinski definition) is 2. The fourth-order valence-corrected chi connectivity index (χ4v) is 1.81. The lowest BCUT2D eigenvalue weighted by molar-refractivity contribution is 0.102. The Morgan fingerprint density at radius 3 is 3.05 bits per heavy atom. The molecule has 0 saturated carbocycles. The molecule has 0 aliphatic rings. The van der Waals surface area contributed by atoms with Crippen LogP contribution in [-0.4, -0.2) is 27.7 Å². The molecular formula is C11H10BrClN4O2. The van der Waals surface area contributed by atoms with Gasteiger partial charge in [-0.15, -0.1) is 5.10 Å².